The topological polar surface area (TPSA) is 201 Å². The summed E-state index contributed by atoms with van der Waals surface area (Å²) in [6.45, 7) is 13.1. The van der Waals surface area contributed by atoms with Crippen LogP contribution in [0.1, 0.15) is 76.8 Å². The summed E-state index contributed by atoms with van der Waals surface area (Å²) < 4.78 is 19.4. The highest BCUT2D eigenvalue weighted by Crippen LogP contribution is 2.42. The molecule has 4 aromatic rings. The molecule has 5 atom stereocenters. The van der Waals surface area contributed by atoms with E-state index in [0.717, 1.165) is 39.0 Å². The molecule has 2 saturated heterocycles. The van der Waals surface area contributed by atoms with Gasteiger partial charge in [0, 0.05) is 105 Å². The number of nitrogens with zero attached hydrogens (tertiary/aromatic N) is 6. The molecule has 352 valence electrons. The number of hydrazine groups is 1. The van der Waals surface area contributed by atoms with E-state index in [4.69, 9.17) is 24.2 Å². The van der Waals surface area contributed by atoms with Gasteiger partial charge in [0.25, 0.3) is 5.91 Å². The zero-order valence-corrected chi connectivity index (χ0v) is 39.7. The number of thiazole rings is 1. The van der Waals surface area contributed by atoms with Crippen molar-refractivity contribution in [2.24, 2.45) is 17.3 Å². The number of likely N-dealkylation sites (N-methyl/N-ethyl adjacent to an activating group) is 1. The monoisotopic (exact) mass is 916 g/mol. The summed E-state index contributed by atoms with van der Waals surface area (Å²) >= 11 is 1.36. The maximum absolute atomic E-state index is 14.6. The molecule has 1 aromatic carbocycles. The van der Waals surface area contributed by atoms with E-state index < -0.39 is 47.1 Å². The van der Waals surface area contributed by atoms with E-state index in [9.17, 15) is 29.4 Å². The van der Waals surface area contributed by atoms with Crippen LogP contribution in [-0.4, -0.2) is 141 Å². The summed E-state index contributed by atoms with van der Waals surface area (Å²) in [5.41, 5.74) is 6.24. The van der Waals surface area contributed by atoms with Gasteiger partial charge < -0.3 is 44.1 Å². The predicted octanol–water partition coefficient (Wildman–Crippen LogP) is 4.54. The Labute approximate surface area is 384 Å². The maximum atomic E-state index is 14.6. The molecule has 18 heteroatoms. The van der Waals surface area contributed by atoms with Gasteiger partial charge in [-0.2, -0.15) is 5.43 Å². The number of esters is 1. The van der Waals surface area contributed by atoms with Gasteiger partial charge >= 0.3 is 12.0 Å². The number of aryl methyl sites for hydroxylation is 1. The van der Waals surface area contributed by atoms with E-state index in [1.807, 2.05) is 52.1 Å². The third kappa shape index (κ3) is 9.65. The average Bonchev–Trinajstić information content (AvgIpc) is 3.86. The minimum Gasteiger partial charge on any atom is -0.462 e. The Morgan fingerprint density at radius 3 is 2.57 bits per heavy atom. The van der Waals surface area contributed by atoms with Crippen molar-refractivity contribution in [1.82, 2.24) is 40.1 Å². The number of aliphatic hydroxyl groups excluding tert-OH is 1. The number of methoxy groups -OCH3 is 2. The first-order valence-electron chi connectivity index (χ1n) is 22.5. The van der Waals surface area contributed by atoms with E-state index in [1.165, 1.54) is 28.4 Å². The summed E-state index contributed by atoms with van der Waals surface area (Å²) in [7, 11) is 4.75. The number of pyridine rings is 1. The molecule has 3 aliphatic rings. The van der Waals surface area contributed by atoms with E-state index in [2.05, 4.69) is 40.4 Å². The van der Waals surface area contributed by atoms with Gasteiger partial charge in [0.15, 0.2) is 0 Å². The van der Waals surface area contributed by atoms with Crippen molar-refractivity contribution in [3.05, 3.63) is 58.2 Å². The Kier molecular flexibility index (Phi) is 14.4. The molecule has 3 aliphatic heterocycles. The van der Waals surface area contributed by atoms with Crippen LogP contribution in [0.2, 0.25) is 0 Å². The van der Waals surface area contributed by atoms with Crippen LogP contribution in [0.4, 0.5) is 4.79 Å². The van der Waals surface area contributed by atoms with Gasteiger partial charge in [-0.1, -0.05) is 33.8 Å². The first kappa shape index (κ1) is 48.0. The minimum absolute atomic E-state index is 0.00828. The van der Waals surface area contributed by atoms with Crippen LogP contribution in [0.15, 0.2) is 41.9 Å². The normalized spacial score (nSPS) is 21.9. The van der Waals surface area contributed by atoms with E-state index in [0.29, 0.717) is 36.8 Å². The maximum Gasteiger partial charge on any atom is 0.355 e. The van der Waals surface area contributed by atoms with Crippen molar-refractivity contribution in [2.75, 3.05) is 54.1 Å². The molecule has 2 fully saturated rings. The number of hydrogen-bond donors (Lipinski definition) is 4. The largest absolute Gasteiger partial charge is 0.462 e. The number of benzene rings is 1. The number of aromatic nitrogens is 3. The summed E-state index contributed by atoms with van der Waals surface area (Å²) in [4.78, 5) is 69.4. The smallest absolute Gasteiger partial charge is 0.355 e. The molecule has 65 heavy (non-hydrogen) atoms. The molecule has 4 amide bonds. The Hall–Kier alpha value is -4.98. The Morgan fingerprint density at radius 1 is 1.14 bits per heavy atom. The number of nitrogens with one attached hydrogen (secondary N) is 2. The molecular weight excluding hydrogens is 853 g/mol. The second-order valence-corrected chi connectivity index (χ2v) is 19.6. The quantitative estimate of drug-likeness (QED) is 0.154. The van der Waals surface area contributed by atoms with E-state index in [1.54, 1.807) is 25.3 Å². The lowest BCUT2D eigenvalue weighted by atomic mass is 9.84. The fraction of sp³-hybridized carbons (Fsp3) is 0.574. The number of rotatable bonds is 11. The number of amides is 4. The number of aliphatic hydroxyl groups is 2. The molecule has 0 unspecified atom stereocenters. The second-order valence-electron chi connectivity index (χ2n) is 18.7. The third-order valence-electron chi connectivity index (χ3n) is 13.1. The SMILES string of the molecule is CCn1c(-c2cccnc2[C@H](C)OC)c2c3cc(ccc31)-c1csc(n1)C[C@H](NC(=O)[C@H](C(C)C)N(C)C(=O)N1CC([C@@H](CO)OC)C1)C(=O)N1CCC[C@@](O)(N1)C(=O)OCC(C)(C)C2. The lowest BCUT2D eigenvalue weighted by Crippen LogP contribution is -2.67. The molecule has 7 rings (SSSR count). The van der Waals surface area contributed by atoms with Gasteiger partial charge in [-0.15, -0.1) is 11.3 Å². The number of urea groups is 1. The summed E-state index contributed by atoms with van der Waals surface area (Å²) in [6, 6.07) is 7.72. The molecule has 6 bridgehead atoms. The van der Waals surface area contributed by atoms with Gasteiger partial charge in [0.05, 0.1) is 47.5 Å². The standard InChI is InChI=1S/C47H64N8O9S/c1-10-54-36-15-14-29-19-32(36)33(41(54)31-13-11-17-48-39(31)28(4)62-8)21-46(5,6)26-64-44(59)47(61)16-12-18-55(51-47)43(58)34(20-38-49-35(29)25-65-38)50-42(57)40(27(2)3)52(7)45(60)53-22-30(23-53)37(24-56)63-9/h11,13-15,17,19,25,27-28,30,34,37,40,51,56,61H,10,12,16,18,20-24,26H2,1-9H3,(H,50,57)/t28-,34-,37+,40-,47-/m0/s1. The number of carbonyl (C=O) groups excluding carboxylic acids is 4. The van der Waals surface area contributed by atoms with Gasteiger partial charge in [0.2, 0.25) is 11.6 Å². The molecule has 0 saturated carbocycles. The van der Waals surface area contributed by atoms with Crippen LogP contribution in [0, 0.1) is 17.3 Å². The third-order valence-corrected chi connectivity index (χ3v) is 13.9. The van der Waals surface area contributed by atoms with Crippen LogP contribution >= 0.6 is 11.3 Å². The van der Waals surface area contributed by atoms with Crippen molar-refractivity contribution in [3.63, 3.8) is 0 Å². The zero-order valence-electron chi connectivity index (χ0n) is 38.9. The molecule has 0 aliphatic carbocycles. The number of likely N-dealkylation sites (tertiary alicyclic amines) is 1. The van der Waals surface area contributed by atoms with Crippen LogP contribution in [0.3, 0.4) is 0 Å². The van der Waals surface area contributed by atoms with Gasteiger partial charge in [-0.05, 0) is 62.4 Å². The number of cyclic esters (lactones) is 1. The number of carbonyl (C=O) groups is 4. The minimum atomic E-state index is -2.22. The molecule has 3 aromatic heterocycles. The van der Waals surface area contributed by atoms with Crippen molar-refractivity contribution >= 4 is 46.1 Å². The number of ether oxygens (including phenoxy) is 3. The van der Waals surface area contributed by atoms with Crippen LogP contribution in [-0.2, 0) is 48.0 Å². The highest BCUT2D eigenvalue weighted by Gasteiger charge is 2.46. The van der Waals surface area contributed by atoms with Gasteiger partial charge in [0.1, 0.15) is 12.1 Å². The Bertz CT molecular complexity index is 2390. The summed E-state index contributed by atoms with van der Waals surface area (Å²) in [5.74, 6) is -2.43. The first-order chi connectivity index (χ1) is 30.9. The summed E-state index contributed by atoms with van der Waals surface area (Å²) in [6.07, 6.45) is 1.83. The number of fused-ring (bicyclic) bond motifs is 6. The highest BCUT2D eigenvalue weighted by molar-refractivity contribution is 7.10. The zero-order chi connectivity index (χ0) is 47.0. The lowest BCUT2D eigenvalue weighted by Gasteiger charge is -2.45. The van der Waals surface area contributed by atoms with Gasteiger partial charge in [-0.25, -0.2) is 14.6 Å². The first-order valence-corrected chi connectivity index (χ1v) is 23.3. The molecule has 0 radical (unpaired) electrons. The van der Waals surface area contributed by atoms with E-state index >= 15 is 0 Å². The number of hydrogen-bond acceptors (Lipinski definition) is 13. The highest BCUT2D eigenvalue weighted by atomic mass is 32.1. The molecule has 0 spiro atoms. The van der Waals surface area contributed by atoms with Crippen LogP contribution in [0.25, 0.3) is 33.4 Å². The predicted molar refractivity (Wildman–Crippen MR) is 245 cm³/mol. The molecule has 6 heterocycles. The fourth-order valence-electron chi connectivity index (χ4n) is 9.45. The Morgan fingerprint density at radius 2 is 1.89 bits per heavy atom. The second kappa shape index (κ2) is 19.5. The molecular formula is C47H64N8O9S. The molecule has 17 nitrogen and oxygen atoms in total. The van der Waals surface area contributed by atoms with E-state index in [-0.39, 0.29) is 63.0 Å². The van der Waals surface area contributed by atoms with Crippen molar-refractivity contribution < 1.29 is 43.6 Å². The fourth-order valence-corrected chi connectivity index (χ4v) is 10.3. The molecule has 4 N–H and O–H groups in total. The van der Waals surface area contributed by atoms with Crippen molar-refractivity contribution in [2.45, 2.75) is 104 Å². The van der Waals surface area contributed by atoms with Crippen molar-refractivity contribution in [3.8, 4) is 22.5 Å². The van der Waals surface area contributed by atoms with Crippen LogP contribution < -0.4 is 10.7 Å². The summed E-state index contributed by atoms with van der Waals surface area (Å²) in [5, 5.41) is 29.1. The van der Waals surface area contributed by atoms with Crippen LogP contribution in [0.5, 0.6) is 0 Å². The van der Waals surface area contributed by atoms with Gasteiger partial charge in [-0.3, -0.25) is 19.6 Å². The lowest BCUT2D eigenvalue weighted by molar-refractivity contribution is -0.189. The Balaban J connectivity index is 1.27. The average molecular weight is 917 g/mol. The van der Waals surface area contributed by atoms with Crippen molar-refractivity contribution in [1.29, 1.82) is 0 Å².